The molecule has 0 bridgehead atoms. The van der Waals surface area contributed by atoms with Crippen LogP contribution in [0.2, 0.25) is 5.02 Å². The normalized spacial score (nSPS) is 21.1. The van der Waals surface area contributed by atoms with Crippen molar-refractivity contribution in [2.45, 2.75) is 44.8 Å². The largest absolute Gasteiger partial charge is 0.489 e. The molecule has 0 aliphatic carbocycles. The number of carbonyl (C=O) groups is 1. The summed E-state index contributed by atoms with van der Waals surface area (Å²) in [7, 11) is 1.40. The van der Waals surface area contributed by atoms with Crippen molar-refractivity contribution in [2.24, 2.45) is 0 Å². The van der Waals surface area contributed by atoms with Gasteiger partial charge in [0.15, 0.2) is 0 Å². The van der Waals surface area contributed by atoms with Crippen molar-refractivity contribution in [1.29, 1.82) is 0 Å². The molecule has 1 aromatic rings. The van der Waals surface area contributed by atoms with E-state index in [1.165, 1.54) is 7.11 Å². The van der Waals surface area contributed by atoms with Crippen molar-refractivity contribution >= 4 is 30.0 Å². The minimum Gasteiger partial charge on any atom is -0.489 e. The highest BCUT2D eigenvalue weighted by molar-refractivity contribution is 6.30. The number of halogens is 2. The molecular formula is C16H23Cl2NO3. The maximum atomic E-state index is 11.5. The van der Waals surface area contributed by atoms with Crippen LogP contribution in [0.4, 0.5) is 0 Å². The van der Waals surface area contributed by atoms with Gasteiger partial charge in [0.25, 0.3) is 0 Å². The van der Waals surface area contributed by atoms with E-state index in [9.17, 15) is 4.79 Å². The van der Waals surface area contributed by atoms with E-state index in [4.69, 9.17) is 21.1 Å². The van der Waals surface area contributed by atoms with Gasteiger partial charge in [0, 0.05) is 23.6 Å². The first-order valence-electron chi connectivity index (χ1n) is 7.09. The van der Waals surface area contributed by atoms with E-state index in [0.29, 0.717) is 18.0 Å². The number of nitrogens with one attached hydrogen (secondary N) is 1. The Kier molecular flexibility index (Phi) is 6.53. The molecule has 0 amide bonds. The standard InChI is InChI=1S/C16H22ClNO3.ClH/c1-16(2,3)12-7-10(17)5-6-14(12)21-11-8-13(18-9-11)15(19)20-4;/h5-7,11,13,18H,8-9H2,1-4H3;1H. The molecule has 1 aliphatic heterocycles. The van der Waals surface area contributed by atoms with Gasteiger partial charge >= 0.3 is 5.97 Å². The van der Waals surface area contributed by atoms with Crippen LogP contribution < -0.4 is 10.1 Å². The molecule has 2 unspecified atom stereocenters. The van der Waals surface area contributed by atoms with E-state index in [0.717, 1.165) is 11.3 Å². The number of hydrogen-bond donors (Lipinski definition) is 1. The van der Waals surface area contributed by atoms with Crippen LogP contribution in [0.25, 0.3) is 0 Å². The highest BCUT2D eigenvalue weighted by Crippen LogP contribution is 2.34. The van der Waals surface area contributed by atoms with Gasteiger partial charge in [-0.15, -0.1) is 12.4 Å². The van der Waals surface area contributed by atoms with Gasteiger partial charge in [-0.1, -0.05) is 32.4 Å². The first kappa shape index (κ1) is 19.1. The van der Waals surface area contributed by atoms with E-state index >= 15 is 0 Å². The lowest BCUT2D eigenvalue weighted by molar-refractivity contribution is -0.142. The van der Waals surface area contributed by atoms with Crippen LogP contribution in [0.3, 0.4) is 0 Å². The topological polar surface area (TPSA) is 47.6 Å². The summed E-state index contributed by atoms with van der Waals surface area (Å²) < 4.78 is 10.8. The maximum absolute atomic E-state index is 11.5. The summed E-state index contributed by atoms with van der Waals surface area (Å²) in [6, 6.07) is 5.38. The Bertz CT molecular complexity index is 529. The average Bonchev–Trinajstić information content (AvgIpc) is 2.87. The van der Waals surface area contributed by atoms with E-state index in [1.54, 1.807) is 0 Å². The van der Waals surface area contributed by atoms with Crippen LogP contribution in [-0.2, 0) is 14.9 Å². The van der Waals surface area contributed by atoms with Gasteiger partial charge in [0.1, 0.15) is 17.9 Å². The van der Waals surface area contributed by atoms with Crippen molar-refractivity contribution < 1.29 is 14.3 Å². The predicted molar refractivity (Wildman–Crippen MR) is 90.2 cm³/mol. The molecule has 0 aromatic heterocycles. The van der Waals surface area contributed by atoms with Gasteiger partial charge in [0.05, 0.1) is 7.11 Å². The number of hydrogen-bond acceptors (Lipinski definition) is 4. The van der Waals surface area contributed by atoms with Crippen molar-refractivity contribution in [1.82, 2.24) is 5.32 Å². The number of benzene rings is 1. The van der Waals surface area contributed by atoms with Gasteiger partial charge in [-0.05, 0) is 23.6 Å². The zero-order chi connectivity index (χ0) is 15.6. The fraction of sp³-hybridized carbons (Fsp3) is 0.562. The Balaban J connectivity index is 0.00000242. The molecule has 1 fully saturated rings. The molecule has 0 radical (unpaired) electrons. The number of methoxy groups -OCH3 is 1. The second kappa shape index (κ2) is 7.53. The molecule has 2 rings (SSSR count). The third-order valence-corrected chi connectivity index (χ3v) is 3.85. The summed E-state index contributed by atoms with van der Waals surface area (Å²) in [5, 5.41) is 3.82. The summed E-state index contributed by atoms with van der Waals surface area (Å²) in [6.07, 6.45) is 0.565. The average molecular weight is 348 g/mol. The van der Waals surface area contributed by atoms with Crippen LogP contribution in [0.15, 0.2) is 18.2 Å². The highest BCUT2D eigenvalue weighted by Gasteiger charge is 2.32. The molecule has 1 aliphatic rings. The number of ether oxygens (including phenoxy) is 2. The molecule has 1 N–H and O–H groups in total. The molecule has 124 valence electrons. The second-order valence-corrected chi connectivity index (χ2v) is 6.79. The molecule has 1 heterocycles. The minimum atomic E-state index is -0.287. The van der Waals surface area contributed by atoms with Crippen molar-refractivity contribution in [3.8, 4) is 5.75 Å². The van der Waals surface area contributed by atoms with E-state index in [-0.39, 0.29) is 35.9 Å². The second-order valence-electron chi connectivity index (χ2n) is 6.35. The van der Waals surface area contributed by atoms with Gasteiger partial charge in [-0.25, -0.2) is 0 Å². The monoisotopic (exact) mass is 347 g/mol. The molecule has 1 saturated heterocycles. The number of rotatable bonds is 3. The van der Waals surface area contributed by atoms with E-state index in [1.807, 2.05) is 18.2 Å². The van der Waals surface area contributed by atoms with E-state index in [2.05, 4.69) is 26.1 Å². The van der Waals surface area contributed by atoms with E-state index < -0.39 is 0 Å². The lowest BCUT2D eigenvalue weighted by atomic mass is 9.86. The maximum Gasteiger partial charge on any atom is 0.323 e. The molecular weight excluding hydrogens is 325 g/mol. The molecule has 0 saturated carbocycles. The van der Waals surface area contributed by atoms with Crippen molar-refractivity contribution in [3.63, 3.8) is 0 Å². The van der Waals surface area contributed by atoms with Crippen molar-refractivity contribution in [3.05, 3.63) is 28.8 Å². The van der Waals surface area contributed by atoms with Crippen molar-refractivity contribution in [2.75, 3.05) is 13.7 Å². The Morgan fingerprint density at radius 1 is 1.36 bits per heavy atom. The summed E-state index contributed by atoms with van der Waals surface area (Å²) in [5.41, 5.74) is 1.00. The molecule has 0 spiro atoms. The fourth-order valence-corrected chi connectivity index (χ4v) is 2.66. The number of carbonyl (C=O) groups excluding carboxylic acids is 1. The Morgan fingerprint density at radius 3 is 2.64 bits per heavy atom. The third kappa shape index (κ3) is 4.51. The van der Waals surface area contributed by atoms with Gasteiger partial charge in [-0.3, -0.25) is 4.79 Å². The quantitative estimate of drug-likeness (QED) is 0.851. The van der Waals surface area contributed by atoms with Gasteiger partial charge in [-0.2, -0.15) is 0 Å². The van der Waals surface area contributed by atoms with Gasteiger partial charge < -0.3 is 14.8 Å². The lowest BCUT2D eigenvalue weighted by Gasteiger charge is -2.25. The molecule has 1 aromatic carbocycles. The van der Waals surface area contributed by atoms with Crippen LogP contribution in [0.5, 0.6) is 5.75 Å². The third-order valence-electron chi connectivity index (χ3n) is 3.62. The highest BCUT2D eigenvalue weighted by atomic mass is 35.5. The summed E-state index contributed by atoms with van der Waals surface area (Å²) in [5.74, 6) is 0.581. The Morgan fingerprint density at radius 2 is 2.05 bits per heavy atom. The smallest absolute Gasteiger partial charge is 0.323 e. The zero-order valence-electron chi connectivity index (χ0n) is 13.3. The van der Waals surface area contributed by atoms with Crippen LogP contribution in [-0.4, -0.2) is 31.8 Å². The zero-order valence-corrected chi connectivity index (χ0v) is 14.9. The fourth-order valence-electron chi connectivity index (χ4n) is 2.49. The van der Waals surface area contributed by atoms with Crippen LogP contribution in [0.1, 0.15) is 32.8 Å². The van der Waals surface area contributed by atoms with Gasteiger partial charge in [0.2, 0.25) is 0 Å². The van der Waals surface area contributed by atoms with Crippen LogP contribution in [0, 0.1) is 0 Å². The Labute approximate surface area is 142 Å². The minimum absolute atomic E-state index is 0. The predicted octanol–water partition coefficient (Wildman–Crippen LogP) is 3.34. The van der Waals surface area contributed by atoms with Crippen LogP contribution >= 0.6 is 24.0 Å². The summed E-state index contributed by atoms with van der Waals surface area (Å²) in [6.45, 7) is 6.99. The lowest BCUT2D eigenvalue weighted by Crippen LogP contribution is -2.31. The SMILES string of the molecule is COC(=O)C1CC(Oc2ccc(Cl)cc2C(C)(C)C)CN1.Cl. The summed E-state index contributed by atoms with van der Waals surface area (Å²) in [4.78, 5) is 11.5. The number of esters is 1. The summed E-state index contributed by atoms with van der Waals surface area (Å²) >= 11 is 6.09. The first-order valence-corrected chi connectivity index (χ1v) is 7.47. The Hall–Kier alpha value is -0.970. The molecule has 22 heavy (non-hydrogen) atoms. The molecule has 2 atom stereocenters. The first-order chi connectivity index (χ1) is 9.81. The molecule has 6 heteroatoms. The molecule has 4 nitrogen and oxygen atoms in total.